The average molecular weight is 333 g/mol. The number of ether oxygens (including phenoxy) is 1. The third kappa shape index (κ3) is 2.13. The van der Waals surface area contributed by atoms with Gasteiger partial charge in [0.1, 0.15) is 0 Å². The Morgan fingerprint density at radius 1 is 1.00 bits per heavy atom. The van der Waals surface area contributed by atoms with Crippen LogP contribution in [0.25, 0.3) is 0 Å². The fourth-order valence-electron chi connectivity index (χ4n) is 3.19. The van der Waals surface area contributed by atoms with Crippen LogP contribution in [0.3, 0.4) is 0 Å². The summed E-state index contributed by atoms with van der Waals surface area (Å²) in [5.41, 5.74) is 1.67. The van der Waals surface area contributed by atoms with Crippen molar-refractivity contribution >= 4 is 23.3 Å². The number of rotatable bonds is 2. The van der Waals surface area contributed by atoms with Gasteiger partial charge in [0.25, 0.3) is 5.91 Å². The number of amides is 3. The number of benzene rings is 2. The van der Waals surface area contributed by atoms with Crippen LogP contribution in [0.5, 0.6) is 0 Å². The third-order valence-corrected chi connectivity index (χ3v) is 4.64. The van der Waals surface area contributed by atoms with Gasteiger partial charge in [0.2, 0.25) is 0 Å². The third-order valence-electron chi connectivity index (χ3n) is 4.64. The van der Waals surface area contributed by atoms with Gasteiger partial charge < -0.3 is 4.74 Å². The lowest BCUT2D eigenvalue weighted by Crippen LogP contribution is -2.64. The van der Waals surface area contributed by atoms with E-state index in [0.29, 0.717) is 16.9 Å². The number of carbonyl (C=O) groups excluding carboxylic acids is 2. The summed E-state index contributed by atoms with van der Waals surface area (Å²) in [5, 5.41) is 8.95. The zero-order valence-electron chi connectivity index (χ0n) is 13.6. The van der Waals surface area contributed by atoms with Crippen molar-refractivity contribution in [3.63, 3.8) is 0 Å². The average Bonchev–Trinajstić information content (AvgIpc) is 2.83. The number of hydrogen-bond donors (Lipinski definition) is 0. The van der Waals surface area contributed by atoms with E-state index >= 15 is 0 Å². The van der Waals surface area contributed by atoms with Gasteiger partial charge in [0.05, 0.1) is 30.5 Å². The van der Waals surface area contributed by atoms with Crippen LogP contribution in [0.2, 0.25) is 0 Å². The zero-order chi connectivity index (χ0) is 17.6. The van der Waals surface area contributed by atoms with Crippen LogP contribution in [0.4, 0.5) is 16.2 Å². The number of hydrogen-bond acceptors (Lipinski definition) is 4. The highest BCUT2D eigenvalue weighted by Crippen LogP contribution is 2.40. The summed E-state index contributed by atoms with van der Waals surface area (Å²) < 4.78 is 5.28. The van der Waals surface area contributed by atoms with Crippen molar-refractivity contribution in [2.45, 2.75) is 12.5 Å². The topological polar surface area (TPSA) is 73.6 Å². The summed E-state index contributed by atoms with van der Waals surface area (Å²) in [6.07, 6.45) is 0. The summed E-state index contributed by atoms with van der Waals surface area (Å²) in [7, 11) is 0. The number of imide groups is 1. The maximum Gasteiger partial charge on any atom is 0.337 e. The SMILES string of the molecule is Cc1ccc(N2C(=O)N(c3ccc(C#N)cc3)C3(COC3)C2=O)cc1. The molecule has 2 aromatic carbocycles. The van der Waals surface area contributed by atoms with Crippen molar-refractivity contribution in [1.29, 1.82) is 5.26 Å². The lowest BCUT2D eigenvalue weighted by atomic mass is 9.94. The minimum Gasteiger partial charge on any atom is -0.375 e. The van der Waals surface area contributed by atoms with E-state index < -0.39 is 11.6 Å². The van der Waals surface area contributed by atoms with E-state index in [4.69, 9.17) is 10.00 Å². The van der Waals surface area contributed by atoms with E-state index in [2.05, 4.69) is 0 Å². The molecule has 124 valence electrons. The minimum absolute atomic E-state index is 0.167. The highest BCUT2D eigenvalue weighted by atomic mass is 16.5. The molecule has 2 aromatic rings. The van der Waals surface area contributed by atoms with E-state index in [9.17, 15) is 9.59 Å². The smallest absolute Gasteiger partial charge is 0.337 e. The summed E-state index contributed by atoms with van der Waals surface area (Å²) in [6.45, 7) is 2.28. The molecule has 2 aliphatic rings. The fourth-order valence-corrected chi connectivity index (χ4v) is 3.19. The lowest BCUT2D eigenvalue weighted by molar-refractivity contribution is -0.136. The molecule has 2 heterocycles. The molecular weight excluding hydrogens is 318 g/mol. The summed E-state index contributed by atoms with van der Waals surface area (Å²) in [6, 6.07) is 15.5. The van der Waals surface area contributed by atoms with Gasteiger partial charge in [0, 0.05) is 5.69 Å². The summed E-state index contributed by atoms with van der Waals surface area (Å²) in [5.74, 6) is -0.281. The number of nitriles is 1. The Bertz CT molecular complexity index is 893. The molecule has 0 N–H and O–H groups in total. The molecule has 0 unspecified atom stereocenters. The van der Waals surface area contributed by atoms with Crippen LogP contribution in [0.1, 0.15) is 11.1 Å². The fraction of sp³-hybridized carbons (Fsp3) is 0.211. The first kappa shape index (κ1) is 15.4. The summed E-state index contributed by atoms with van der Waals surface area (Å²) in [4.78, 5) is 28.8. The highest BCUT2D eigenvalue weighted by Gasteiger charge is 2.62. The van der Waals surface area contributed by atoms with E-state index in [-0.39, 0.29) is 19.1 Å². The zero-order valence-corrected chi connectivity index (χ0v) is 13.6. The first-order valence-corrected chi connectivity index (χ1v) is 7.90. The molecule has 2 aliphatic heterocycles. The molecule has 0 radical (unpaired) electrons. The molecular formula is C19H15N3O3. The van der Waals surface area contributed by atoms with Crippen LogP contribution in [0.15, 0.2) is 48.5 Å². The Balaban J connectivity index is 1.78. The first-order chi connectivity index (χ1) is 12.1. The van der Waals surface area contributed by atoms with Crippen molar-refractivity contribution in [3.8, 4) is 6.07 Å². The van der Waals surface area contributed by atoms with Crippen molar-refractivity contribution < 1.29 is 14.3 Å². The second kappa shape index (κ2) is 5.43. The monoisotopic (exact) mass is 333 g/mol. The predicted octanol–water partition coefficient (Wildman–Crippen LogP) is 2.61. The van der Waals surface area contributed by atoms with Crippen LogP contribution < -0.4 is 9.80 Å². The molecule has 0 atom stereocenters. The Hall–Kier alpha value is -3.17. The molecule has 0 aromatic heterocycles. The summed E-state index contributed by atoms with van der Waals surface area (Å²) >= 11 is 0. The van der Waals surface area contributed by atoms with Crippen LogP contribution in [0, 0.1) is 18.3 Å². The normalized spacial score (nSPS) is 18.4. The molecule has 6 nitrogen and oxygen atoms in total. The molecule has 25 heavy (non-hydrogen) atoms. The van der Waals surface area contributed by atoms with Crippen molar-refractivity contribution in [2.75, 3.05) is 23.0 Å². The predicted molar refractivity (Wildman–Crippen MR) is 91.2 cm³/mol. The standard InChI is InChI=1S/C19H15N3O3/c1-13-2-6-15(7-3-13)21-17(23)19(11-25-12-19)22(18(21)24)16-8-4-14(10-20)5-9-16/h2-9H,11-12H2,1H3. The van der Waals surface area contributed by atoms with E-state index in [0.717, 1.165) is 5.56 Å². The Labute approximate surface area is 144 Å². The Morgan fingerprint density at radius 3 is 2.12 bits per heavy atom. The van der Waals surface area contributed by atoms with Gasteiger partial charge in [0.15, 0.2) is 5.54 Å². The molecule has 4 rings (SSSR count). The number of nitrogens with zero attached hydrogens (tertiary/aromatic N) is 3. The van der Waals surface area contributed by atoms with Gasteiger partial charge in [-0.3, -0.25) is 9.69 Å². The molecule has 0 aliphatic carbocycles. The molecule has 6 heteroatoms. The number of carbonyl (C=O) groups is 2. The van der Waals surface area contributed by atoms with E-state index in [1.807, 2.05) is 25.1 Å². The van der Waals surface area contributed by atoms with Gasteiger partial charge in [-0.05, 0) is 43.3 Å². The minimum atomic E-state index is -1.00. The number of urea groups is 1. The van der Waals surface area contributed by atoms with Gasteiger partial charge >= 0.3 is 6.03 Å². The molecule has 2 saturated heterocycles. The Morgan fingerprint density at radius 2 is 1.60 bits per heavy atom. The lowest BCUT2D eigenvalue weighted by Gasteiger charge is -2.41. The largest absolute Gasteiger partial charge is 0.375 e. The molecule has 0 saturated carbocycles. The molecule has 0 bridgehead atoms. The van der Waals surface area contributed by atoms with Crippen LogP contribution in [-0.4, -0.2) is 30.7 Å². The van der Waals surface area contributed by atoms with Crippen LogP contribution >= 0.6 is 0 Å². The molecule has 1 spiro atoms. The highest BCUT2D eigenvalue weighted by molar-refractivity contribution is 6.31. The van der Waals surface area contributed by atoms with Gasteiger partial charge in [-0.15, -0.1) is 0 Å². The van der Waals surface area contributed by atoms with Gasteiger partial charge in [-0.2, -0.15) is 5.26 Å². The first-order valence-electron chi connectivity index (χ1n) is 7.90. The number of aryl methyl sites for hydroxylation is 1. The van der Waals surface area contributed by atoms with E-state index in [1.54, 1.807) is 36.4 Å². The van der Waals surface area contributed by atoms with Crippen molar-refractivity contribution in [1.82, 2.24) is 0 Å². The van der Waals surface area contributed by atoms with E-state index in [1.165, 1.54) is 9.80 Å². The maximum absolute atomic E-state index is 13.1. The second-order valence-corrected chi connectivity index (χ2v) is 6.28. The maximum atomic E-state index is 13.1. The van der Waals surface area contributed by atoms with Crippen molar-refractivity contribution in [2.24, 2.45) is 0 Å². The molecule has 3 amide bonds. The van der Waals surface area contributed by atoms with Gasteiger partial charge in [-0.25, -0.2) is 9.69 Å². The van der Waals surface area contributed by atoms with Crippen molar-refractivity contribution in [3.05, 3.63) is 59.7 Å². The second-order valence-electron chi connectivity index (χ2n) is 6.28. The van der Waals surface area contributed by atoms with Crippen LogP contribution in [-0.2, 0) is 9.53 Å². The molecule has 2 fully saturated rings. The van der Waals surface area contributed by atoms with Gasteiger partial charge in [-0.1, -0.05) is 17.7 Å². The number of anilines is 2. The Kier molecular flexibility index (Phi) is 3.34. The quantitative estimate of drug-likeness (QED) is 0.792.